The maximum Gasteiger partial charge on any atom is 0.313 e. The zero-order valence-corrected chi connectivity index (χ0v) is 13.7. The van der Waals surface area contributed by atoms with E-state index in [9.17, 15) is 9.59 Å². The average Bonchev–Trinajstić information content (AvgIpc) is 2.51. The zero-order valence-electron chi connectivity index (χ0n) is 13.7. The van der Waals surface area contributed by atoms with Crippen LogP contribution in [0.4, 0.5) is 5.69 Å². The van der Waals surface area contributed by atoms with Crippen LogP contribution in [0.15, 0.2) is 18.2 Å². The van der Waals surface area contributed by atoms with E-state index < -0.39 is 11.8 Å². The highest BCUT2D eigenvalue weighted by Crippen LogP contribution is 2.26. The molecule has 0 saturated heterocycles. The number of hydrogen-bond acceptors (Lipinski definition) is 2. The summed E-state index contributed by atoms with van der Waals surface area (Å²) in [5.74, 6) is -0.330. The van der Waals surface area contributed by atoms with Crippen LogP contribution in [0.5, 0.6) is 0 Å². The summed E-state index contributed by atoms with van der Waals surface area (Å²) in [6, 6.07) is 5.94. The van der Waals surface area contributed by atoms with Gasteiger partial charge in [-0.05, 0) is 62.6 Å². The van der Waals surface area contributed by atoms with Gasteiger partial charge in [0.25, 0.3) is 0 Å². The van der Waals surface area contributed by atoms with Gasteiger partial charge in [-0.15, -0.1) is 0 Å². The third-order valence-electron chi connectivity index (χ3n) is 4.61. The topological polar surface area (TPSA) is 58.2 Å². The Labute approximate surface area is 132 Å². The summed E-state index contributed by atoms with van der Waals surface area (Å²) in [5, 5.41) is 5.58. The van der Waals surface area contributed by atoms with Gasteiger partial charge in [-0.3, -0.25) is 9.59 Å². The van der Waals surface area contributed by atoms with Crippen molar-refractivity contribution in [3.8, 4) is 0 Å². The molecular formula is C18H26N2O2. The second kappa shape index (κ2) is 7.43. The lowest BCUT2D eigenvalue weighted by atomic mass is 9.84. The summed E-state index contributed by atoms with van der Waals surface area (Å²) in [4.78, 5) is 24.1. The number of nitrogens with one attached hydrogen (secondary N) is 2. The first kappa shape index (κ1) is 16.5. The molecule has 1 saturated carbocycles. The summed E-state index contributed by atoms with van der Waals surface area (Å²) < 4.78 is 0. The first-order chi connectivity index (χ1) is 10.5. The third kappa shape index (κ3) is 4.33. The normalized spacial score (nSPS) is 21.2. The van der Waals surface area contributed by atoms with E-state index in [0.29, 0.717) is 5.69 Å². The molecule has 4 nitrogen and oxygen atoms in total. The van der Waals surface area contributed by atoms with Crippen molar-refractivity contribution in [1.82, 2.24) is 5.32 Å². The number of rotatable bonds is 3. The minimum absolute atomic E-state index is 0.139. The number of benzene rings is 1. The second-order valence-corrected chi connectivity index (χ2v) is 6.37. The Bertz CT molecular complexity index is 546. The molecule has 120 valence electrons. The molecule has 0 unspecified atom stereocenters. The molecule has 2 rings (SSSR count). The first-order valence-corrected chi connectivity index (χ1v) is 8.18. The van der Waals surface area contributed by atoms with Crippen LogP contribution < -0.4 is 10.6 Å². The molecule has 0 spiro atoms. The number of hydrogen-bond donors (Lipinski definition) is 2. The van der Waals surface area contributed by atoms with Crippen molar-refractivity contribution in [2.45, 2.75) is 58.9 Å². The highest BCUT2D eigenvalue weighted by molar-refractivity contribution is 6.39. The monoisotopic (exact) mass is 302 g/mol. The van der Waals surface area contributed by atoms with Crippen molar-refractivity contribution in [1.29, 1.82) is 0 Å². The first-order valence-electron chi connectivity index (χ1n) is 8.18. The number of anilines is 1. The molecule has 1 aliphatic rings. The number of carbonyl (C=O) groups excluding carboxylic acids is 2. The van der Waals surface area contributed by atoms with Gasteiger partial charge < -0.3 is 10.6 Å². The van der Waals surface area contributed by atoms with Crippen LogP contribution in [-0.4, -0.2) is 17.9 Å². The maximum absolute atomic E-state index is 12.0. The SMILES string of the molecule is CCC1CCC(NC(=O)C(=O)Nc2cc(C)ccc2C)CC1. The lowest BCUT2D eigenvalue weighted by Gasteiger charge is -2.28. The van der Waals surface area contributed by atoms with Gasteiger partial charge in [0.1, 0.15) is 0 Å². The Morgan fingerprint density at radius 3 is 2.41 bits per heavy atom. The predicted octanol–water partition coefficient (Wildman–Crippen LogP) is 3.33. The van der Waals surface area contributed by atoms with E-state index in [0.717, 1.165) is 42.7 Å². The number of carbonyl (C=O) groups is 2. The summed E-state index contributed by atoms with van der Waals surface area (Å²) in [6.07, 6.45) is 5.43. The Kier molecular flexibility index (Phi) is 5.58. The lowest BCUT2D eigenvalue weighted by molar-refractivity contribution is -0.136. The van der Waals surface area contributed by atoms with Gasteiger partial charge in [0, 0.05) is 11.7 Å². The standard InChI is InChI=1S/C18H26N2O2/c1-4-14-7-9-15(10-8-14)19-17(21)18(22)20-16-11-12(2)5-6-13(16)3/h5-6,11,14-15H,4,7-10H2,1-3H3,(H,19,21)(H,20,22). The molecule has 1 aliphatic carbocycles. The van der Waals surface area contributed by atoms with Crippen molar-refractivity contribution < 1.29 is 9.59 Å². The smallest absolute Gasteiger partial charge is 0.313 e. The summed E-state index contributed by atoms with van der Waals surface area (Å²) in [7, 11) is 0. The summed E-state index contributed by atoms with van der Waals surface area (Å²) >= 11 is 0. The zero-order chi connectivity index (χ0) is 16.1. The Hall–Kier alpha value is -1.84. The predicted molar refractivity (Wildman–Crippen MR) is 88.7 cm³/mol. The number of amides is 2. The Balaban J connectivity index is 1.87. The van der Waals surface area contributed by atoms with Crippen molar-refractivity contribution in [3.05, 3.63) is 29.3 Å². The Morgan fingerprint density at radius 1 is 1.09 bits per heavy atom. The number of aryl methyl sites for hydroxylation is 2. The highest BCUT2D eigenvalue weighted by Gasteiger charge is 2.24. The van der Waals surface area contributed by atoms with E-state index in [1.165, 1.54) is 6.42 Å². The third-order valence-corrected chi connectivity index (χ3v) is 4.61. The molecule has 0 aromatic heterocycles. The van der Waals surface area contributed by atoms with E-state index in [-0.39, 0.29) is 6.04 Å². The van der Waals surface area contributed by atoms with Gasteiger partial charge in [-0.2, -0.15) is 0 Å². The van der Waals surface area contributed by atoms with Crippen molar-refractivity contribution in [2.75, 3.05) is 5.32 Å². The molecule has 0 bridgehead atoms. The van der Waals surface area contributed by atoms with Gasteiger partial charge in [0.2, 0.25) is 0 Å². The molecule has 2 N–H and O–H groups in total. The van der Waals surface area contributed by atoms with Crippen molar-refractivity contribution in [2.24, 2.45) is 5.92 Å². The van der Waals surface area contributed by atoms with E-state index in [2.05, 4.69) is 17.6 Å². The van der Waals surface area contributed by atoms with Crippen LogP contribution in [0, 0.1) is 19.8 Å². The molecule has 1 fully saturated rings. The van der Waals surface area contributed by atoms with Gasteiger partial charge in [-0.1, -0.05) is 25.5 Å². The maximum atomic E-state index is 12.0. The highest BCUT2D eigenvalue weighted by atomic mass is 16.2. The average molecular weight is 302 g/mol. The van der Waals surface area contributed by atoms with E-state index in [4.69, 9.17) is 0 Å². The molecular weight excluding hydrogens is 276 g/mol. The molecule has 2 amide bonds. The van der Waals surface area contributed by atoms with Crippen LogP contribution in [0.1, 0.15) is 50.2 Å². The van der Waals surface area contributed by atoms with Gasteiger partial charge in [0.15, 0.2) is 0 Å². The molecule has 1 aromatic carbocycles. The van der Waals surface area contributed by atoms with E-state index in [1.807, 2.05) is 32.0 Å². The molecule has 0 atom stereocenters. The second-order valence-electron chi connectivity index (χ2n) is 6.37. The van der Waals surface area contributed by atoms with E-state index in [1.54, 1.807) is 0 Å². The minimum atomic E-state index is -0.577. The van der Waals surface area contributed by atoms with Crippen LogP contribution in [-0.2, 0) is 9.59 Å². The van der Waals surface area contributed by atoms with Gasteiger partial charge >= 0.3 is 11.8 Å². The van der Waals surface area contributed by atoms with Crippen molar-refractivity contribution in [3.63, 3.8) is 0 Å². The quantitative estimate of drug-likeness (QED) is 0.841. The van der Waals surface area contributed by atoms with Crippen molar-refractivity contribution >= 4 is 17.5 Å². The van der Waals surface area contributed by atoms with Gasteiger partial charge in [-0.25, -0.2) is 0 Å². The Morgan fingerprint density at radius 2 is 1.77 bits per heavy atom. The minimum Gasteiger partial charge on any atom is -0.345 e. The molecule has 1 aromatic rings. The molecule has 0 aliphatic heterocycles. The molecule has 22 heavy (non-hydrogen) atoms. The fraction of sp³-hybridized carbons (Fsp3) is 0.556. The largest absolute Gasteiger partial charge is 0.345 e. The fourth-order valence-electron chi connectivity index (χ4n) is 3.02. The van der Waals surface area contributed by atoms with Crippen LogP contribution in [0.25, 0.3) is 0 Å². The van der Waals surface area contributed by atoms with Gasteiger partial charge in [0.05, 0.1) is 0 Å². The van der Waals surface area contributed by atoms with Crippen LogP contribution in [0.3, 0.4) is 0 Å². The van der Waals surface area contributed by atoms with E-state index >= 15 is 0 Å². The molecule has 4 heteroatoms. The molecule has 0 radical (unpaired) electrons. The summed E-state index contributed by atoms with van der Waals surface area (Å²) in [6.45, 7) is 6.08. The fourth-order valence-corrected chi connectivity index (χ4v) is 3.02. The lowest BCUT2D eigenvalue weighted by Crippen LogP contribution is -2.43. The molecule has 0 heterocycles. The van der Waals surface area contributed by atoms with Crippen LogP contribution >= 0.6 is 0 Å². The summed E-state index contributed by atoms with van der Waals surface area (Å²) in [5.41, 5.74) is 2.71. The van der Waals surface area contributed by atoms with Crippen LogP contribution in [0.2, 0.25) is 0 Å².